The molecule has 0 bridgehead atoms. The quantitative estimate of drug-likeness (QED) is 0.177. The molecule has 1 saturated carbocycles. The van der Waals surface area contributed by atoms with E-state index >= 15 is 0 Å². The molecule has 1 rings (SSSR count). The summed E-state index contributed by atoms with van der Waals surface area (Å²) < 4.78 is 10.5. The van der Waals surface area contributed by atoms with Crippen molar-refractivity contribution in [2.75, 3.05) is 19.7 Å². The van der Waals surface area contributed by atoms with Crippen LogP contribution in [0.15, 0.2) is 0 Å². The summed E-state index contributed by atoms with van der Waals surface area (Å²) >= 11 is 0. The van der Waals surface area contributed by atoms with Crippen molar-refractivity contribution >= 4 is 11.9 Å². The Labute approximate surface area is 175 Å². The fourth-order valence-electron chi connectivity index (χ4n) is 3.62. The first-order valence-electron chi connectivity index (χ1n) is 11.0. The second-order valence-corrected chi connectivity index (χ2v) is 7.65. The molecule has 1 aliphatic carbocycles. The molecule has 0 saturated heterocycles. The molecule has 0 aliphatic heterocycles. The zero-order chi connectivity index (χ0) is 21.4. The molecule has 0 N–H and O–H groups in total. The number of unbranched alkanes of at least 4 members (excludes halogenated alkanes) is 3. The second-order valence-electron chi connectivity index (χ2n) is 7.65. The van der Waals surface area contributed by atoms with Gasteiger partial charge in [-0.1, -0.05) is 43.9 Å². The zero-order valence-electron chi connectivity index (χ0n) is 18.1. The highest BCUT2D eigenvalue weighted by Crippen LogP contribution is 2.29. The Morgan fingerprint density at radius 1 is 1.03 bits per heavy atom. The molecule has 0 aromatic heterocycles. The summed E-state index contributed by atoms with van der Waals surface area (Å²) in [7, 11) is 0. The van der Waals surface area contributed by atoms with Crippen LogP contribution in [0.25, 0.3) is 0 Å². The van der Waals surface area contributed by atoms with Gasteiger partial charge in [0.1, 0.15) is 0 Å². The summed E-state index contributed by atoms with van der Waals surface area (Å²) in [6.45, 7) is 4.66. The van der Waals surface area contributed by atoms with Gasteiger partial charge in [-0.25, -0.2) is 0 Å². The molecule has 6 heteroatoms. The van der Waals surface area contributed by atoms with E-state index < -0.39 is 5.60 Å². The molecule has 0 unspecified atom stereocenters. The Balaban J connectivity index is 2.43. The predicted octanol–water partition coefficient (Wildman–Crippen LogP) is 4.33. The van der Waals surface area contributed by atoms with E-state index in [-0.39, 0.29) is 11.9 Å². The number of nitrogens with zero attached hydrogens (tertiary/aromatic N) is 2. The van der Waals surface area contributed by atoms with Gasteiger partial charge in [0.25, 0.3) is 0 Å². The van der Waals surface area contributed by atoms with Crippen molar-refractivity contribution in [1.82, 2.24) is 4.90 Å². The number of carbonyl (C=O) groups is 2. The number of ether oxygens (including phenoxy) is 2. The lowest BCUT2D eigenvalue weighted by Gasteiger charge is -2.30. The summed E-state index contributed by atoms with van der Waals surface area (Å²) in [6.07, 6.45) is 13.3. The van der Waals surface area contributed by atoms with Crippen molar-refractivity contribution in [3.05, 3.63) is 0 Å². The second kappa shape index (κ2) is 14.7. The molecule has 0 aromatic rings. The van der Waals surface area contributed by atoms with Crippen molar-refractivity contribution in [2.45, 2.75) is 96.5 Å². The summed E-state index contributed by atoms with van der Waals surface area (Å²) in [5.74, 6) is 5.86. The molecule has 0 heterocycles. The number of carbonyl (C=O) groups excluding carboxylic acids is 2. The molecule has 162 valence electrons. The van der Waals surface area contributed by atoms with E-state index in [4.69, 9.17) is 9.47 Å². The maximum absolute atomic E-state index is 11.6. The highest BCUT2D eigenvalue weighted by atomic mass is 16.6. The third-order valence-corrected chi connectivity index (χ3v) is 5.09. The van der Waals surface area contributed by atoms with Crippen LogP contribution in [-0.2, 0) is 19.1 Å². The van der Waals surface area contributed by atoms with Crippen LogP contribution in [0.4, 0.5) is 0 Å². The van der Waals surface area contributed by atoms with E-state index in [0.29, 0.717) is 26.1 Å². The van der Waals surface area contributed by atoms with Gasteiger partial charge in [0.15, 0.2) is 11.8 Å². The van der Waals surface area contributed by atoms with Crippen molar-refractivity contribution in [3.8, 4) is 18.0 Å². The largest absolute Gasteiger partial charge is 0.466 e. The minimum absolute atomic E-state index is 0.141. The lowest BCUT2D eigenvalue weighted by molar-refractivity contribution is -0.153. The standard InChI is InChI=1S/C23H36N2O4/c1-3-28-22(27)14-9-5-8-12-18-25(20-24)19-13-17-23(29-21(2)26)15-10-6-4-7-11-16-23/h3-12,14-16,18-19H2,1-2H3. The van der Waals surface area contributed by atoms with Crippen LogP contribution in [0.5, 0.6) is 0 Å². The van der Waals surface area contributed by atoms with Crippen molar-refractivity contribution in [1.29, 1.82) is 5.26 Å². The van der Waals surface area contributed by atoms with Crippen LogP contribution in [0.1, 0.15) is 90.9 Å². The van der Waals surface area contributed by atoms with E-state index in [1.165, 1.54) is 13.3 Å². The van der Waals surface area contributed by atoms with E-state index in [1.54, 1.807) is 4.90 Å². The van der Waals surface area contributed by atoms with E-state index in [2.05, 4.69) is 18.0 Å². The van der Waals surface area contributed by atoms with Crippen LogP contribution in [0, 0.1) is 23.3 Å². The molecular formula is C23H36N2O4. The highest BCUT2D eigenvalue weighted by molar-refractivity contribution is 5.69. The van der Waals surface area contributed by atoms with E-state index in [0.717, 1.165) is 64.2 Å². The molecule has 6 nitrogen and oxygen atoms in total. The first-order valence-corrected chi connectivity index (χ1v) is 11.0. The monoisotopic (exact) mass is 404 g/mol. The first-order chi connectivity index (χ1) is 14.0. The van der Waals surface area contributed by atoms with Gasteiger partial charge in [0.2, 0.25) is 0 Å². The highest BCUT2D eigenvalue weighted by Gasteiger charge is 2.31. The van der Waals surface area contributed by atoms with Gasteiger partial charge in [-0.15, -0.1) is 0 Å². The van der Waals surface area contributed by atoms with Gasteiger partial charge in [-0.3, -0.25) is 14.5 Å². The lowest BCUT2D eigenvalue weighted by atomic mass is 9.87. The molecule has 0 radical (unpaired) electrons. The summed E-state index contributed by atoms with van der Waals surface area (Å²) in [5, 5.41) is 9.35. The van der Waals surface area contributed by atoms with Gasteiger partial charge >= 0.3 is 11.9 Å². The molecule has 0 aromatic carbocycles. The van der Waals surface area contributed by atoms with Gasteiger partial charge in [-0.2, -0.15) is 5.26 Å². The van der Waals surface area contributed by atoms with E-state index in [1.807, 2.05) is 6.92 Å². The minimum atomic E-state index is -0.694. The fraction of sp³-hybridized carbons (Fsp3) is 0.783. The number of rotatable bonds is 10. The molecule has 0 atom stereocenters. The third kappa shape index (κ3) is 11.4. The normalized spacial score (nSPS) is 15.6. The molecule has 0 amide bonds. The molecule has 29 heavy (non-hydrogen) atoms. The number of nitriles is 1. The Bertz CT molecular complexity index is 592. The lowest BCUT2D eigenvalue weighted by Crippen LogP contribution is -2.34. The van der Waals surface area contributed by atoms with Crippen LogP contribution in [0.3, 0.4) is 0 Å². The van der Waals surface area contributed by atoms with Crippen LogP contribution in [-0.4, -0.2) is 42.1 Å². The van der Waals surface area contributed by atoms with Crippen molar-refractivity contribution in [2.24, 2.45) is 0 Å². The minimum Gasteiger partial charge on any atom is -0.466 e. The Morgan fingerprint density at radius 3 is 2.31 bits per heavy atom. The molecule has 1 aliphatic rings. The summed E-state index contributed by atoms with van der Waals surface area (Å²) in [6, 6.07) is 0. The van der Waals surface area contributed by atoms with Crippen LogP contribution >= 0.6 is 0 Å². The van der Waals surface area contributed by atoms with Crippen molar-refractivity contribution in [3.63, 3.8) is 0 Å². The first kappa shape index (κ1) is 24.8. The topological polar surface area (TPSA) is 79.6 Å². The fourth-order valence-corrected chi connectivity index (χ4v) is 3.62. The maximum Gasteiger partial charge on any atom is 0.305 e. The van der Waals surface area contributed by atoms with Gasteiger partial charge in [0, 0.05) is 19.9 Å². The predicted molar refractivity (Wildman–Crippen MR) is 111 cm³/mol. The molecule has 0 spiro atoms. The SMILES string of the molecule is CCOC(=O)CCCCCCN(C#N)CC#CC1(OC(C)=O)CCCCCCC1. The third-order valence-electron chi connectivity index (χ3n) is 5.09. The van der Waals surface area contributed by atoms with Crippen LogP contribution in [0.2, 0.25) is 0 Å². The Morgan fingerprint density at radius 2 is 1.69 bits per heavy atom. The van der Waals surface area contributed by atoms with E-state index in [9.17, 15) is 14.9 Å². The van der Waals surface area contributed by atoms with Gasteiger partial charge < -0.3 is 9.47 Å². The summed E-state index contributed by atoms with van der Waals surface area (Å²) in [4.78, 5) is 24.5. The average Bonchev–Trinajstić information content (AvgIpc) is 2.65. The summed E-state index contributed by atoms with van der Waals surface area (Å²) in [5.41, 5.74) is -0.694. The number of esters is 2. The Kier molecular flexibility index (Phi) is 12.6. The van der Waals surface area contributed by atoms with Crippen LogP contribution < -0.4 is 0 Å². The smallest absolute Gasteiger partial charge is 0.305 e. The zero-order valence-corrected chi connectivity index (χ0v) is 18.1. The molecular weight excluding hydrogens is 368 g/mol. The number of hydrogen-bond donors (Lipinski definition) is 0. The van der Waals surface area contributed by atoms with Crippen molar-refractivity contribution < 1.29 is 19.1 Å². The number of hydrogen-bond acceptors (Lipinski definition) is 6. The Hall–Kier alpha value is -2.21. The van der Waals surface area contributed by atoms with Gasteiger partial charge in [-0.05, 0) is 45.4 Å². The van der Waals surface area contributed by atoms with Gasteiger partial charge in [0.05, 0.1) is 13.2 Å². The average molecular weight is 405 g/mol. The molecule has 1 fully saturated rings. The maximum atomic E-state index is 11.6.